The van der Waals surface area contributed by atoms with Crippen molar-refractivity contribution in [2.75, 3.05) is 33.3 Å². The molecule has 1 aliphatic carbocycles. The van der Waals surface area contributed by atoms with Crippen molar-refractivity contribution >= 4 is 35.0 Å². The van der Waals surface area contributed by atoms with Crippen LogP contribution in [0.25, 0.3) is 0 Å². The molecule has 0 bridgehead atoms. The monoisotopic (exact) mass is 356 g/mol. The fraction of sp³-hybridized carbons (Fsp3) is 0.500. The lowest BCUT2D eigenvalue weighted by atomic mass is 10.1. The molecule has 0 unspecified atom stereocenters. The Balaban J connectivity index is 1.67. The van der Waals surface area contributed by atoms with E-state index in [1.165, 1.54) is 13.2 Å². The van der Waals surface area contributed by atoms with Gasteiger partial charge in [0, 0.05) is 38.2 Å². The highest BCUT2D eigenvalue weighted by Gasteiger charge is 2.35. The minimum absolute atomic E-state index is 0.168. The van der Waals surface area contributed by atoms with Crippen LogP contribution < -0.4 is 4.74 Å². The van der Waals surface area contributed by atoms with E-state index in [9.17, 15) is 9.59 Å². The summed E-state index contributed by atoms with van der Waals surface area (Å²) < 4.78 is 5.09. The molecule has 1 aromatic rings. The maximum Gasteiger partial charge on any atom is 0.255 e. The van der Waals surface area contributed by atoms with E-state index in [0.29, 0.717) is 47.5 Å². The molecule has 0 atom stereocenters. The Labute approximate surface area is 145 Å². The van der Waals surface area contributed by atoms with Gasteiger partial charge in [0.1, 0.15) is 5.75 Å². The zero-order chi connectivity index (χ0) is 16.6. The second-order valence-electron chi connectivity index (χ2n) is 5.86. The number of halogens is 2. The smallest absolute Gasteiger partial charge is 0.255 e. The van der Waals surface area contributed by atoms with Crippen LogP contribution in [0.3, 0.4) is 0 Å². The van der Waals surface area contributed by atoms with Crippen molar-refractivity contribution in [2.24, 2.45) is 5.92 Å². The predicted molar refractivity (Wildman–Crippen MR) is 88.2 cm³/mol. The summed E-state index contributed by atoms with van der Waals surface area (Å²) >= 11 is 12.3. The number of hydrogen-bond donors (Lipinski definition) is 0. The van der Waals surface area contributed by atoms with Crippen molar-refractivity contribution in [1.29, 1.82) is 0 Å². The van der Waals surface area contributed by atoms with Gasteiger partial charge in [-0.2, -0.15) is 0 Å². The van der Waals surface area contributed by atoms with E-state index >= 15 is 0 Å². The number of hydrogen-bond acceptors (Lipinski definition) is 3. The van der Waals surface area contributed by atoms with Gasteiger partial charge in [-0.05, 0) is 18.9 Å². The van der Waals surface area contributed by atoms with Gasteiger partial charge in [-0.3, -0.25) is 9.59 Å². The summed E-state index contributed by atoms with van der Waals surface area (Å²) in [7, 11) is 1.50. The predicted octanol–water partition coefficient (Wildman–Crippen LogP) is 2.70. The highest BCUT2D eigenvalue weighted by atomic mass is 35.5. The summed E-state index contributed by atoms with van der Waals surface area (Å²) in [6.45, 7) is 2.17. The highest BCUT2D eigenvalue weighted by Crippen LogP contribution is 2.33. The third-order valence-corrected chi connectivity index (χ3v) is 4.89. The average Bonchev–Trinajstić information content (AvgIpc) is 3.40. The van der Waals surface area contributed by atoms with E-state index in [2.05, 4.69) is 0 Å². The van der Waals surface area contributed by atoms with Gasteiger partial charge in [0.05, 0.1) is 22.7 Å². The summed E-state index contributed by atoms with van der Waals surface area (Å²) in [6.07, 6.45) is 2.00. The van der Waals surface area contributed by atoms with Gasteiger partial charge in [0.2, 0.25) is 5.91 Å². The number of nitrogens with zero attached hydrogens (tertiary/aromatic N) is 2. The number of methoxy groups -OCH3 is 1. The second kappa shape index (κ2) is 6.57. The fourth-order valence-corrected chi connectivity index (χ4v) is 3.21. The lowest BCUT2D eigenvalue weighted by molar-refractivity contribution is -0.134. The number of carbonyl (C=O) groups excluding carboxylic acids is 2. The van der Waals surface area contributed by atoms with E-state index < -0.39 is 0 Å². The molecule has 0 spiro atoms. The molecule has 1 saturated heterocycles. The number of benzene rings is 1. The van der Waals surface area contributed by atoms with Crippen molar-refractivity contribution in [3.8, 4) is 5.75 Å². The molecule has 1 aromatic carbocycles. The van der Waals surface area contributed by atoms with E-state index in [1.54, 1.807) is 11.0 Å². The maximum absolute atomic E-state index is 12.6. The molecular weight excluding hydrogens is 339 g/mol. The first-order chi connectivity index (χ1) is 11.0. The topological polar surface area (TPSA) is 49.9 Å². The molecule has 1 aliphatic heterocycles. The first-order valence-corrected chi connectivity index (χ1v) is 8.38. The van der Waals surface area contributed by atoms with Crippen molar-refractivity contribution < 1.29 is 14.3 Å². The van der Waals surface area contributed by atoms with Crippen LogP contribution >= 0.6 is 23.2 Å². The molecule has 7 heteroatoms. The third kappa shape index (κ3) is 3.40. The number of rotatable bonds is 3. The molecule has 0 radical (unpaired) electrons. The minimum Gasteiger partial charge on any atom is -0.495 e. The Kier molecular flexibility index (Phi) is 4.69. The van der Waals surface area contributed by atoms with Crippen LogP contribution in [0.2, 0.25) is 10.0 Å². The maximum atomic E-state index is 12.6. The Hall–Kier alpha value is -1.46. The molecule has 3 rings (SSSR count). The Morgan fingerprint density at radius 2 is 1.65 bits per heavy atom. The van der Waals surface area contributed by atoms with Crippen molar-refractivity contribution in [3.05, 3.63) is 27.7 Å². The van der Waals surface area contributed by atoms with Gasteiger partial charge in [0.15, 0.2) is 0 Å². The number of carbonyl (C=O) groups is 2. The molecule has 2 fully saturated rings. The summed E-state index contributed by atoms with van der Waals surface area (Å²) in [5.74, 6) is 0.709. The molecule has 23 heavy (non-hydrogen) atoms. The van der Waals surface area contributed by atoms with Crippen LogP contribution in [-0.4, -0.2) is 54.9 Å². The molecule has 0 aromatic heterocycles. The van der Waals surface area contributed by atoms with Gasteiger partial charge >= 0.3 is 0 Å². The van der Waals surface area contributed by atoms with E-state index in [0.717, 1.165) is 12.8 Å². The molecule has 0 N–H and O–H groups in total. The quantitative estimate of drug-likeness (QED) is 0.836. The summed E-state index contributed by atoms with van der Waals surface area (Å²) in [4.78, 5) is 28.2. The van der Waals surface area contributed by atoms with Crippen LogP contribution in [0.4, 0.5) is 0 Å². The largest absolute Gasteiger partial charge is 0.495 e. The Morgan fingerprint density at radius 1 is 1.04 bits per heavy atom. The summed E-state index contributed by atoms with van der Waals surface area (Å²) in [5.41, 5.74) is 0.361. The molecular formula is C16H18Cl2N2O3. The van der Waals surface area contributed by atoms with Gasteiger partial charge in [-0.15, -0.1) is 0 Å². The van der Waals surface area contributed by atoms with Gasteiger partial charge in [-0.1, -0.05) is 23.2 Å². The fourth-order valence-electron chi connectivity index (χ4n) is 2.74. The lowest BCUT2D eigenvalue weighted by Crippen LogP contribution is -2.51. The molecule has 2 aliphatic rings. The standard InChI is InChI=1S/C16H18Cl2N2O3/c1-23-14-9-12(17)11(8-13(14)18)16(22)20-6-4-19(5-7-20)15(21)10-2-3-10/h8-10H,2-7H2,1H3. The Morgan fingerprint density at radius 3 is 2.22 bits per heavy atom. The number of ether oxygens (including phenoxy) is 1. The first kappa shape index (κ1) is 16.4. The van der Waals surface area contributed by atoms with E-state index in [-0.39, 0.29) is 17.7 Å². The number of piperazine rings is 1. The van der Waals surface area contributed by atoms with E-state index in [4.69, 9.17) is 27.9 Å². The first-order valence-electron chi connectivity index (χ1n) is 7.62. The van der Waals surface area contributed by atoms with Crippen LogP contribution in [0.1, 0.15) is 23.2 Å². The lowest BCUT2D eigenvalue weighted by Gasteiger charge is -2.35. The molecule has 1 heterocycles. The molecule has 1 saturated carbocycles. The van der Waals surface area contributed by atoms with Gasteiger partial charge < -0.3 is 14.5 Å². The van der Waals surface area contributed by atoms with Crippen LogP contribution in [0, 0.1) is 5.92 Å². The summed E-state index contributed by atoms with van der Waals surface area (Å²) in [6, 6.07) is 3.08. The highest BCUT2D eigenvalue weighted by molar-refractivity contribution is 6.36. The zero-order valence-electron chi connectivity index (χ0n) is 12.8. The average molecular weight is 357 g/mol. The van der Waals surface area contributed by atoms with Crippen molar-refractivity contribution in [3.63, 3.8) is 0 Å². The van der Waals surface area contributed by atoms with Crippen LogP contribution in [0.15, 0.2) is 12.1 Å². The van der Waals surface area contributed by atoms with Crippen LogP contribution in [-0.2, 0) is 4.79 Å². The van der Waals surface area contributed by atoms with Crippen LogP contribution in [0.5, 0.6) is 5.75 Å². The van der Waals surface area contributed by atoms with Crippen molar-refractivity contribution in [2.45, 2.75) is 12.8 Å². The summed E-state index contributed by atoms with van der Waals surface area (Å²) in [5, 5.41) is 0.663. The second-order valence-corrected chi connectivity index (χ2v) is 6.67. The minimum atomic E-state index is -0.168. The van der Waals surface area contributed by atoms with Crippen molar-refractivity contribution in [1.82, 2.24) is 9.80 Å². The molecule has 2 amide bonds. The Bertz CT molecular complexity index is 638. The zero-order valence-corrected chi connectivity index (χ0v) is 14.4. The molecule has 5 nitrogen and oxygen atoms in total. The molecule has 124 valence electrons. The van der Waals surface area contributed by atoms with Gasteiger partial charge in [0.25, 0.3) is 5.91 Å². The van der Waals surface area contributed by atoms with E-state index in [1.807, 2.05) is 4.90 Å². The number of amides is 2. The third-order valence-electron chi connectivity index (χ3n) is 4.28. The normalized spacial score (nSPS) is 18.0. The van der Waals surface area contributed by atoms with Gasteiger partial charge in [-0.25, -0.2) is 0 Å². The SMILES string of the molecule is COc1cc(Cl)c(C(=O)N2CCN(C(=O)C3CC3)CC2)cc1Cl.